The molecule has 2 heteroatoms. The van der Waals surface area contributed by atoms with Crippen LogP contribution in [-0.2, 0) is 0 Å². The van der Waals surface area contributed by atoms with Crippen molar-refractivity contribution >= 4 is 44.9 Å². The van der Waals surface area contributed by atoms with Gasteiger partial charge in [-0.15, -0.1) is 0 Å². The zero-order valence-corrected chi connectivity index (χ0v) is 18.6. The molecule has 6 aromatic rings. The number of fused-ring (bicyclic) bond motifs is 4. The molecule has 0 radical (unpaired) electrons. The molecule has 0 saturated heterocycles. The van der Waals surface area contributed by atoms with E-state index in [1.54, 1.807) is 0 Å². The average molecular weight is 425 g/mol. The Morgan fingerprint density at radius 1 is 0.606 bits per heavy atom. The van der Waals surface area contributed by atoms with Crippen LogP contribution in [-0.4, -0.2) is 9.13 Å². The number of benzene rings is 4. The second kappa shape index (κ2) is 7.68. The maximum atomic E-state index is 4.15. The van der Waals surface area contributed by atoms with Crippen molar-refractivity contribution in [3.63, 3.8) is 0 Å². The van der Waals surface area contributed by atoms with Gasteiger partial charge in [-0.3, -0.25) is 0 Å². The lowest BCUT2D eigenvalue weighted by Crippen LogP contribution is -2.00. The molecule has 0 aliphatic carbocycles. The van der Waals surface area contributed by atoms with Crippen LogP contribution in [0.3, 0.4) is 0 Å². The normalized spacial score (nSPS) is 11.8. The Labute approximate surface area is 193 Å². The molecule has 0 aliphatic rings. The molecule has 4 aromatic carbocycles. The van der Waals surface area contributed by atoms with Gasteiger partial charge in [0, 0.05) is 33.1 Å². The maximum absolute atomic E-state index is 4.15. The summed E-state index contributed by atoms with van der Waals surface area (Å²) < 4.78 is 4.68. The molecule has 6 rings (SSSR count). The van der Waals surface area contributed by atoms with Gasteiger partial charge < -0.3 is 9.13 Å². The predicted octanol–water partition coefficient (Wildman–Crippen LogP) is 8.40. The van der Waals surface area contributed by atoms with Gasteiger partial charge in [0.1, 0.15) is 0 Å². The average Bonchev–Trinajstić information content (AvgIpc) is 3.37. The Morgan fingerprint density at radius 2 is 1.12 bits per heavy atom. The molecule has 0 fully saturated rings. The van der Waals surface area contributed by atoms with Gasteiger partial charge in [0.05, 0.1) is 22.2 Å². The van der Waals surface area contributed by atoms with E-state index >= 15 is 0 Å². The summed E-state index contributed by atoms with van der Waals surface area (Å²) in [5, 5.41) is 3.77. The van der Waals surface area contributed by atoms with Crippen LogP contribution in [0.25, 0.3) is 56.2 Å². The smallest absolute Gasteiger partial charge is 0.0541 e. The Morgan fingerprint density at radius 3 is 1.70 bits per heavy atom. The van der Waals surface area contributed by atoms with Crippen molar-refractivity contribution in [3.8, 4) is 11.4 Å². The number of nitrogens with zero attached hydrogens (tertiary/aromatic N) is 2. The summed E-state index contributed by atoms with van der Waals surface area (Å²) in [7, 11) is 0. The Hall–Kier alpha value is -4.30. The molecule has 0 N–H and O–H groups in total. The van der Waals surface area contributed by atoms with Gasteiger partial charge in [-0.2, -0.15) is 0 Å². The number of hydrogen-bond acceptors (Lipinski definition) is 0. The summed E-state index contributed by atoms with van der Waals surface area (Å²) >= 11 is 0. The monoisotopic (exact) mass is 424 g/mol. The van der Waals surface area contributed by atoms with Crippen molar-refractivity contribution in [2.24, 2.45) is 0 Å². The van der Waals surface area contributed by atoms with Crippen LogP contribution in [0.1, 0.15) is 18.2 Å². The van der Waals surface area contributed by atoms with Gasteiger partial charge in [0.2, 0.25) is 0 Å². The van der Waals surface area contributed by atoms with Crippen molar-refractivity contribution in [2.45, 2.75) is 6.92 Å². The lowest BCUT2D eigenvalue weighted by molar-refractivity contribution is 1.09. The first-order valence-electron chi connectivity index (χ1n) is 11.3. The third kappa shape index (κ3) is 2.88. The second-order valence-electron chi connectivity index (χ2n) is 8.25. The van der Waals surface area contributed by atoms with Crippen LogP contribution in [0.4, 0.5) is 0 Å². The van der Waals surface area contributed by atoms with E-state index in [4.69, 9.17) is 0 Å². The summed E-state index contributed by atoms with van der Waals surface area (Å²) in [5.41, 5.74) is 8.18. The summed E-state index contributed by atoms with van der Waals surface area (Å²) in [5.74, 6) is 0. The highest BCUT2D eigenvalue weighted by Crippen LogP contribution is 2.35. The molecular formula is C31H24N2. The fourth-order valence-corrected chi connectivity index (χ4v) is 5.08. The quantitative estimate of drug-likeness (QED) is 0.269. The summed E-state index contributed by atoms with van der Waals surface area (Å²) in [6, 6.07) is 34.6. The SMILES string of the molecule is C=Cc1c(/C=C\C)c2ccccc2n1-c1cccc(-n2c3ccccc3c3ccccc32)c1. The first-order valence-corrected chi connectivity index (χ1v) is 11.3. The van der Waals surface area contributed by atoms with Crippen LogP contribution < -0.4 is 0 Å². The largest absolute Gasteiger partial charge is 0.309 e. The Balaban J connectivity index is 1.66. The van der Waals surface area contributed by atoms with Crippen molar-refractivity contribution in [1.82, 2.24) is 9.13 Å². The molecule has 0 atom stereocenters. The molecule has 0 bridgehead atoms. The molecule has 0 spiro atoms. The number of hydrogen-bond donors (Lipinski definition) is 0. The van der Waals surface area contributed by atoms with Crippen LogP contribution in [0.5, 0.6) is 0 Å². The summed E-state index contributed by atoms with van der Waals surface area (Å²) in [6.45, 7) is 6.21. The van der Waals surface area contributed by atoms with Crippen molar-refractivity contribution in [1.29, 1.82) is 0 Å². The molecule has 33 heavy (non-hydrogen) atoms. The Kier molecular flexibility index (Phi) is 4.51. The van der Waals surface area contributed by atoms with E-state index in [2.05, 4.69) is 132 Å². The van der Waals surface area contributed by atoms with E-state index in [-0.39, 0.29) is 0 Å². The molecule has 2 heterocycles. The molecule has 0 amide bonds. The van der Waals surface area contributed by atoms with Crippen LogP contribution >= 0.6 is 0 Å². The van der Waals surface area contributed by atoms with Gasteiger partial charge in [-0.25, -0.2) is 0 Å². The molecule has 158 valence electrons. The third-order valence-electron chi connectivity index (χ3n) is 6.40. The predicted molar refractivity (Wildman–Crippen MR) is 142 cm³/mol. The van der Waals surface area contributed by atoms with E-state index in [1.807, 2.05) is 6.08 Å². The topological polar surface area (TPSA) is 9.86 Å². The van der Waals surface area contributed by atoms with E-state index in [1.165, 1.54) is 38.3 Å². The number of para-hydroxylation sites is 3. The standard InChI is InChI=1S/C31H24N2/c1-3-12-24-25-15-5-8-18-29(25)32(28(24)4-2)22-13-11-14-23(21-22)33-30-19-9-6-16-26(30)27-17-7-10-20-31(27)33/h3-21H,2H2,1H3/b12-3-. The minimum atomic E-state index is 1.11. The van der Waals surface area contributed by atoms with Gasteiger partial charge in [-0.1, -0.05) is 79.4 Å². The molecule has 2 aromatic heterocycles. The fraction of sp³-hybridized carbons (Fsp3) is 0.0323. The van der Waals surface area contributed by atoms with Gasteiger partial charge in [-0.05, 0) is 49.4 Å². The Bertz CT molecular complexity index is 1640. The number of aromatic nitrogens is 2. The van der Waals surface area contributed by atoms with Crippen molar-refractivity contribution < 1.29 is 0 Å². The fourth-order valence-electron chi connectivity index (χ4n) is 5.08. The van der Waals surface area contributed by atoms with Gasteiger partial charge in [0.15, 0.2) is 0 Å². The van der Waals surface area contributed by atoms with Crippen LogP contribution in [0, 0.1) is 0 Å². The molecule has 2 nitrogen and oxygen atoms in total. The number of rotatable bonds is 4. The van der Waals surface area contributed by atoms with Crippen molar-refractivity contribution in [2.75, 3.05) is 0 Å². The zero-order valence-electron chi connectivity index (χ0n) is 18.6. The first-order chi connectivity index (χ1) is 16.3. The van der Waals surface area contributed by atoms with E-state index in [0.29, 0.717) is 0 Å². The van der Waals surface area contributed by atoms with Gasteiger partial charge >= 0.3 is 0 Å². The second-order valence-corrected chi connectivity index (χ2v) is 8.25. The minimum absolute atomic E-state index is 1.11. The minimum Gasteiger partial charge on any atom is -0.309 e. The molecule has 0 saturated carbocycles. The maximum Gasteiger partial charge on any atom is 0.0541 e. The van der Waals surface area contributed by atoms with E-state index in [0.717, 1.165) is 17.1 Å². The first kappa shape index (κ1) is 19.4. The summed E-state index contributed by atoms with van der Waals surface area (Å²) in [4.78, 5) is 0. The highest BCUT2D eigenvalue weighted by molar-refractivity contribution is 6.09. The zero-order chi connectivity index (χ0) is 22.4. The van der Waals surface area contributed by atoms with Gasteiger partial charge in [0.25, 0.3) is 0 Å². The van der Waals surface area contributed by atoms with E-state index in [9.17, 15) is 0 Å². The van der Waals surface area contributed by atoms with Crippen molar-refractivity contribution in [3.05, 3.63) is 121 Å². The summed E-state index contributed by atoms with van der Waals surface area (Å²) in [6.07, 6.45) is 6.22. The van der Waals surface area contributed by atoms with Crippen LogP contribution in [0.2, 0.25) is 0 Å². The lowest BCUT2D eigenvalue weighted by Gasteiger charge is -2.13. The lowest BCUT2D eigenvalue weighted by atomic mass is 10.1. The highest BCUT2D eigenvalue weighted by atomic mass is 15.0. The van der Waals surface area contributed by atoms with E-state index < -0.39 is 0 Å². The van der Waals surface area contributed by atoms with Crippen LogP contribution in [0.15, 0.2) is 110 Å². The highest BCUT2D eigenvalue weighted by Gasteiger charge is 2.16. The molecular weight excluding hydrogens is 400 g/mol. The number of allylic oxidation sites excluding steroid dienone is 1. The molecule has 0 unspecified atom stereocenters. The molecule has 0 aliphatic heterocycles. The third-order valence-corrected chi connectivity index (χ3v) is 6.40.